The number of imidazole rings is 1. The second kappa shape index (κ2) is 6.16. The highest BCUT2D eigenvalue weighted by Crippen LogP contribution is 2.13. The van der Waals surface area contributed by atoms with Gasteiger partial charge in [-0.3, -0.25) is 10.1 Å². The highest BCUT2D eigenvalue weighted by atomic mass is 16.1. The minimum Gasteiger partial charge on any atom is -0.330 e. The fourth-order valence-electron chi connectivity index (χ4n) is 1.81. The van der Waals surface area contributed by atoms with Crippen LogP contribution in [0.1, 0.15) is 25.7 Å². The van der Waals surface area contributed by atoms with Crippen LogP contribution in [-0.2, 0) is 4.79 Å². The van der Waals surface area contributed by atoms with E-state index in [1.807, 2.05) is 24.3 Å². The van der Waals surface area contributed by atoms with Gasteiger partial charge in [-0.15, -0.1) is 0 Å². The van der Waals surface area contributed by atoms with E-state index in [9.17, 15) is 4.79 Å². The molecule has 2 rings (SSSR count). The van der Waals surface area contributed by atoms with Crippen molar-refractivity contribution in [2.45, 2.75) is 25.7 Å². The van der Waals surface area contributed by atoms with Crippen molar-refractivity contribution in [3.05, 3.63) is 24.3 Å². The van der Waals surface area contributed by atoms with E-state index in [0.717, 1.165) is 30.3 Å². The number of aromatic nitrogens is 2. The van der Waals surface area contributed by atoms with Gasteiger partial charge >= 0.3 is 0 Å². The Bertz CT molecular complexity index is 487. The molecule has 1 aromatic carbocycles. The predicted octanol–water partition coefficient (Wildman–Crippen LogP) is 2.02. The van der Waals surface area contributed by atoms with Crippen molar-refractivity contribution in [2.75, 3.05) is 11.9 Å². The number of anilines is 1. The monoisotopic (exact) mass is 246 g/mol. The molecule has 1 heterocycles. The molecule has 0 radical (unpaired) electrons. The van der Waals surface area contributed by atoms with Crippen LogP contribution in [0.2, 0.25) is 0 Å². The van der Waals surface area contributed by atoms with Gasteiger partial charge in [-0.05, 0) is 31.5 Å². The summed E-state index contributed by atoms with van der Waals surface area (Å²) < 4.78 is 0. The summed E-state index contributed by atoms with van der Waals surface area (Å²) in [6, 6.07) is 7.68. The van der Waals surface area contributed by atoms with Gasteiger partial charge in [0.25, 0.3) is 0 Å². The minimum absolute atomic E-state index is 0.00826. The highest BCUT2D eigenvalue weighted by Gasteiger charge is 2.06. The maximum Gasteiger partial charge on any atom is 0.226 e. The van der Waals surface area contributed by atoms with Crippen LogP contribution in [-0.4, -0.2) is 22.4 Å². The molecule has 0 bridgehead atoms. The number of benzene rings is 1. The molecule has 1 amide bonds. The molecule has 4 N–H and O–H groups in total. The summed E-state index contributed by atoms with van der Waals surface area (Å²) in [5.41, 5.74) is 7.18. The number of rotatable bonds is 6. The zero-order valence-corrected chi connectivity index (χ0v) is 10.3. The Morgan fingerprint density at radius 1 is 1.28 bits per heavy atom. The third-order valence-corrected chi connectivity index (χ3v) is 2.76. The number of nitrogens with zero attached hydrogens (tertiary/aromatic N) is 1. The number of nitrogens with one attached hydrogen (secondary N) is 2. The average molecular weight is 246 g/mol. The first-order valence-electron chi connectivity index (χ1n) is 6.24. The Hall–Kier alpha value is -1.88. The first kappa shape index (κ1) is 12.6. The van der Waals surface area contributed by atoms with Crippen LogP contribution >= 0.6 is 0 Å². The summed E-state index contributed by atoms with van der Waals surface area (Å²) in [4.78, 5) is 19.0. The van der Waals surface area contributed by atoms with Gasteiger partial charge in [0.05, 0.1) is 11.0 Å². The largest absolute Gasteiger partial charge is 0.330 e. The molecule has 0 aliphatic carbocycles. The quantitative estimate of drug-likeness (QED) is 0.682. The lowest BCUT2D eigenvalue weighted by Crippen LogP contribution is -2.12. The van der Waals surface area contributed by atoms with Crippen molar-refractivity contribution in [2.24, 2.45) is 5.73 Å². The van der Waals surface area contributed by atoms with E-state index in [1.165, 1.54) is 0 Å². The summed E-state index contributed by atoms with van der Waals surface area (Å²) in [5, 5.41) is 2.77. The van der Waals surface area contributed by atoms with Crippen LogP contribution in [0.25, 0.3) is 11.0 Å². The molecule has 0 aliphatic rings. The predicted molar refractivity (Wildman–Crippen MR) is 72.2 cm³/mol. The van der Waals surface area contributed by atoms with E-state index in [2.05, 4.69) is 15.3 Å². The number of H-pyrrole nitrogens is 1. The van der Waals surface area contributed by atoms with Gasteiger partial charge in [0.2, 0.25) is 11.9 Å². The molecule has 5 heteroatoms. The third kappa shape index (κ3) is 3.30. The molecule has 0 saturated carbocycles. The SMILES string of the molecule is NCCCCCC(=O)Nc1nc2ccccc2[nH]1. The van der Waals surface area contributed by atoms with Gasteiger partial charge in [0, 0.05) is 6.42 Å². The molecule has 0 spiro atoms. The Balaban J connectivity index is 1.86. The summed E-state index contributed by atoms with van der Waals surface area (Å²) in [5.74, 6) is 0.506. The van der Waals surface area contributed by atoms with Gasteiger partial charge in [-0.25, -0.2) is 4.98 Å². The molecule has 1 aromatic heterocycles. The fraction of sp³-hybridized carbons (Fsp3) is 0.385. The van der Waals surface area contributed by atoms with Crippen LogP contribution in [0.15, 0.2) is 24.3 Å². The molecule has 0 saturated heterocycles. The Morgan fingerprint density at radius 3 is 2.89 bits per heavy atom. The summed E-state index contributed by atoms with van der Waals surface area (Å²) in [7, 11) is 0. The molecule has 0 aliphatic heterocycles. The van der Waals surface area contributed by atoms with Crippen molar-refractivity contribution in [1.82, 2.24) is 9.97 Å². The molecule has 2 aromatic rings. The second-order valence-corrected chi connectivity index (χ2v) is 4.25. The lowest BCUT2D eigenvalue weighted by molar-refractivity contribution is -0.116. The van der Waals surface area contributed by atoms with E-state index in [-0.39, 0.29) is 5.91 Å². The third-order valence-electron chi connectivity index (χ3n) is 2.76. The number of hydrogen-bond acceptors (Lipinski definition) is 3. The van der Waals surface area contributed by atoms with E-state index >= 15 is 0 Å². The molecule has 0 atom stereocenters. The van der Waals surface area contributed by atoms with Crippen molar-refractivity contribution in [1.29, 1.82) is 0 Å². The summed E-state index contributed by atoms with van der Waals surface area (Å²) in [6.45, 7) is 0.686. The Labute approximate surface area is 106 Å². The van der Waals surface area contributed by atoms with Crippen molar-refractivity contribution in [3.63, 3.8) is 0 Å². The highest BCUT2D eigenvalue weighted by molar-refractivity contribution is 5.90. The molecule has 0 unspecified atom stereocenters. The molecule has 96 valence electrons. The van der Waals surface area contributed by atoms with Gasteiger partial charge < -0.3 is 10.7 Å². The number of carbonyl (C=O) groups is 1. The zero-order valence-electron chi connectivity index (χ0n) is 10.3. The molecule has 5 nitrogen and oxygen atoms in total. The van der Waals surface area contributed by atoms with Crippen LogP contribution in [0, 0.1) is 0 Å². The number of para-hydroxylation sites is 2. The van der Waals surface area contributed by atoms with E-state index in [0.29, 0.717) is 18.9 Å². The van der Waals surface area contributed by atoms with E-state index < -0.39 is 0 Å². The average Bonchev–Trinajstić information content (AvgIpc) is 2.76. The maximum absolute atomic E-state index is 11.7. The number of carbonyl (C=O) groups excluding carboxylic acids is 1. The van der Waals surface area contributed by atoms with Crippen LogP contribution in [0.4, 0.5) is 5.95 Å². The normalized spacial score (nSPS) is 10.7. The van der Waals surface area contributed by atoms with E-state index in [4.69, 9.17) is 5.73 Å². The Morgan fingerprint density at radius 2 is 2.11 bits per heavy atom. The number of aromatic amines is 1. The van der Waals surface area contributed by atoms with Crippen LogP contribution in [0.5, 0.6) is 0 Å². The first-order chi connectivity index (χ1) is 8.79. The second-order valence-electron chi connectivity index (χ2n) is 4.25. The number of amides is 1. The molecular weight excluding hydrogens is 228 g/mol. The van der Waals surface area contributed by atoms with Crippen molar-refractivity contribution < 1.29 is 4.79 Å². The summed E-state index contributed by atoms with van der Waals surface area (Å²) in [6.07, 6.45) is 3.34. The lowest BCUT2D eigenvalue weighted by Gasteiger charge is -2.01. The molecule has 18 heavy (non-hydrogen) atoms. The van der Waals surface area contributed by atoms with Crippen LogP contribution in [0.3, 0.4) is 0 Å². The fourth-order valence-corrected chi connectivity index (χ4v) is 1.81. The van der Waals surface area contributed by atoms with Gasteiger partial charge in [-0.2, -0.15) is 0 Å². The van der Waals surface area contributed by atoms with Crippen LogP contribution < -0.4 is 11.1 Å². The minimum atomic E-state index is -0.00826. The summed E-state index contributed by atoms with van der Waals surface area (Å²) >= 11 is 0. The number of hydrogen-bond donors (Lipinski definition) is 3. The van der Waals surface area contributed by atoms with Gasteiger partial charge in [0.1, 0.15) is 0 Å². The maximum atomic E-state index is 11.7. The van der Waals surface area contributed by atoms with Gasteiger partial charge in [0.15, 0.2) is 0 Å². The lowest BCUT2D eigenvalue weighted by atomic mass is 10.2. The standard InChI is InChI=1S/C13H18N4O/c14-9-5-1-2-8-12(18)17-13-15-10-6-3-4-7-11(10)16-13/h3-4,6-7H,1-2,5,8-9,14H2,(H2,15,16,17,18). The Kier molecular flexibility index (Phi) is 4.30. The topological polar surface area (TPSA) is 83.8 Å². The van der Waals surface area contributed by atoms with Crippen molar-refractivity contribution >= 4 is 22.9 Å². The zero-order chi connectivity index (χ0) is 12.8. The van der Waals surface area contributed by atoms with Gasteiger partial charge in [-0.1, -0.05) is 18.6 Å². The number of unbranched alkanes of at least 4 members (excludes halogenated alkanes) is 2. The first-order valence-corrected chi connectivity index (χ1v) is 6.24. The van der Waals surface area contributed by atoms with E-state index in [1.54, 1.807) is 0 Å². The number of fused-ring (bicyclic) bond motifs is 1. The van der Waals surface area contributed by atoms with Crippen molar-refractivity contribution in [3.8, 4) is 0 Å². The molecule has 0 fully saturated rings. The smallest absolute Gasteiger partial charge is 0.226 e. The number of nitrogens with two attached hydrogens (primary N) is 1. The molecular formula is C13H18N4O.